The number of hydrogen-bond acceptors (Lipinski definition) is 4. The number of aliphatic hydroxyl groups excluding tert-OH is 1. The number of amides is 1. The van der Waals surface area contributed by atoms with Crippen LogP contribution in [0.3, 0.4) is 0 Å². The van der Waals surface area contributed by atoms with Gasteiger partial charge >= 0.3 is 0 Å². The summed E-state index contributed by atoms with van der Waals surface area (Å²) in [4.78, 5) is 17.2. The lowest BCUT2D eigenvalue weighted by Gasteiger charge is -2.22. The van der Waals surface area contributed by atoms with E-state index in [1.165, 1.54) is 12.1 Å². The lowest BCUT2D eigenvalue weighted by Crippen LogP contribution is -2.41. The Bertz CT molecular complexity index is 555. The molecule has 0 fully saturated rings. The number of nitrogens with zero attached hydrogens (tertiary/aromatic N) is 1. The molecule has 0 spiro atoms. The van der Waals surface area contributed by atoms with Crippen LogP contribution in [0.4, 0.5) is 4.39 Å². The second kappa shape index (κ2) is 6.87. The normalized spacial score (nSPS) is 17.8. The van der Waals surface area contributed by atoms with Crippen molar-refractivity contribution in [2.75, 3.05) is 13.2 Å². The van der Waals surface area contributed by atoms with E-state index in [1.807, 2.05) is 13.8 Å². The lowest BCUT2D eigenvalue weighted by molar-refractivity contribution is -0.131. The number of halogens is 1. The Morgan fingerprint density at radius 2 is 2.14 bits per heavy atom. The minimum absolute atomic E-state index is 0.00881. The van der Waals surface area contributed by atoms with Crippen molar-refractivity contribution in [1.29, 1.82) is 0 Å². The van der Waals surface area contributed by atoms with Crippen LogP contribution in [-0.2, 0) is 16.1 Å². The quantitative estimate of drug-likeness (QED) is 0.839. The Labute approximate surface area is 129 Å². The summed E-state index contributed by atoms with van der Waals surface area (Å²) in [6.07, 6.45) is 0.319. The number of carbonyl (C=O) groups is 1. The summed E-state index contributed by atoms with van der Waals surface area (Å²) in [7, 11) is 0. The zero-order valence-corrected chi connectivity index (χ0v) is 12.8. The molecule has 6 heteroatoms. The predicted molar refractivity (Wildman–Crippen MR) is 80.9 cm³/mol. The van der Waals surface area contributed by atoms with E-state index in [1.54, 1.807) is 12.1 Å². The molecule has 0 saturated heterocycles. The molecule has 1 aromatic carbocycles. The highest BCUT2D eigenvalue weighted by Crippen LogP contribution is 2.16. The summed E-state index contributed by atoms with van der Waals surface area (Å²) in [5.41, 5.74) is 1.31. The molecular formula is C16H21FN2O3. The van der Waals surface area contributed by atoms with Crippen molar-refractivity contribution < 1.29 is 19.1 Å². The van der Waals surface area contributed by atoms with Crippen molar-refractivity contribution in [3.63, 3.8) is 0 Å². The molecule has 0 saturated carbocycles. The van der Waals surface area contributed by atoms with Gasteiger partial charge in [-0.05, 0) is 17.7 Å². The largest absolute Gasteiger partial charge is 0.396 e. The standard InChI is InChI=1S/C16H21FN2O3/c1-16(2,10-20)9-18-15(21)14-8-13(19-22-14)7-11-3-5-12(17)6-4-11/h3-6,14,20H,7-10H2,1-2H3,(H,18,21). The fourth-order valence-electron chi connectivity index (χ4n) is 2.01. The molecule has 0 aromatic heterocycles. The van der Waals surface area contributed by atoms with Gasteiger partial charge in [0.1, 0.15) is 5.82 Å². The first-order valence-corrected chi connectivity index (χ1v) is 7.24. The first-order chi connectivity index (χ1) is 10.4. The number of oxime groups is 1. The summed E-state index contributed by atoms with van der Waals surface area (Å²) in [5.74, 6) is -0.517. The Hall–Kier alpha value is -1.95. The van der Waals surface area contributed by atoms with E-state index in [9.17, 15) is 9.18 Å². The second-order valence-corrected chi connectivity index (χ2v) is 6.30. The molecule has 1 aliphatic heterocycles. The molecule has 1 amide bonds. The van der Waals surface area contributed by atoms with E-state index < -0.39 is 6.10 Å². The first-order valence-electron chi connectivity index (χ1n) is 7.24. The van der Waals surface area contributed by atoms with Gasteiger partial charge in [-0.25, -0.2) is 4.39 Å². The van der Waals surface area contributed by atoms with Gasteiger partial charge in [-0.15, -0.1) is 0 Å². The maximum absolute atomic E-state index is 12.9. The lowest BCUT2D eigenvalue weighted by atomic mass is 9.95. The summed E-state index contributed by atoms with van der Waals surface area (Å²) >= 11 is 0. The fraction of sp³-hybridized carbons (Fsp3) is 0.500. The number of hydrogen-bond donors (Lipinski definition) is 2. The minimum Gasteiger partial charge on any atom is -0.396 e. The fourth-order valence-corrected chi connectivity index (χ4v) is 2.01. The van der Waals surface area contributed by atoms with Crippen LogP contribution in [-0.4, -0.2) is 36.0 Å². The Balaban J connectivity index is 1.81. The molecule has 1 atom stereocenters. The van der Waals surface area contributed by atoms with Crippen LogP contribution in [0.5, 0.6) is 0 Å². The summed E-state index contributed by atoms with van der Waals surface area (Å²) in [6.45, 7) is 4.08. The third-order valence-electron chi connectivity index (χ3n) is 3.51. The SMILES string of the molecule is CC(C)(CO)CNC(=O)C1CC(Cc2ccc(F)cc2)=NO1. The Morgan fingerprint density at radius 3 is 2.77 bits per heavy atom. The molecule has 0 bridgehead atoms. The highest BCUT2D eigenvalue weighted by atomic mass is 19.1. The third-order valence-corrected chi connectivity index (χ3v) is 3.51. The molecule has 1 aliphatic rings. The van der Waals surface area contributed by atoms with E-state index in [0.29, 0.717) is 19.4 Å². The van der Waals surface area contributed by atoms with Gasteiger partial charge in [0.25, 0.3) is 5.91 Å². The molecule has 120 valence electrons. The zero-order chi connectivity index (χ0) is 16.2. The topological polar surface area (TPSA) is 70.9 Å². The third kappa shape index (κ3) is 4.53. The summed E-state index contributed by atoms with van der Waals surface area (Å²) < 4.78 is 12.9. The number of nitrogens with one attached hydrogen (secondary N) is 1. The second-order valence-electron chi connectivity index (χ2n) is 6.30. The van der Waals surface area contributed by atoms with Crippen LogP contribution < -0.4 is 5.32 Å². The van der Waals surface area contributed by atoms with Gasteiger partial charge in [0.15, 0.2) is 0 Å². The Kier molecular flexibility index (Phi) is 5.13. The van der Waals surface area contributed by atoms with Gasteiger partial charge in [0.2, 0.25) is 6.10 Å². The van der Waals surface area contributed by atoms with Gasteiger partial charge in [-0.1, -0.05) is 31.1 Å². The highest BCUT2D eigenvalue weighted by Gasteiger charge is 2.29. The predicted octanol–water partition coefficient (Wildman–Crippen LogP) is 1.65. The number of carbonyl (C=O) groups excluding carboxylic acids is 1. The Morgan fingerprint density at radius 1 is 1.45 bits per heavy atom. The average Bonchev–Trinajstić information content (AvgIpc) is 2.96. The molecule has 0 aliphatic carbocycles. The zero-order valence-electron chi connectivity index (χ0n) is 12.8. The maximum atomic E-state index is 12.9. The number of rotatable bonds is 6. The average molecular weight is 308 g/mol. The molecule has 2 N–H and O–H groups in total. The van der Waals surface area contributed by atoms with Gasteiger partial charge < -0.3 is 15.3 Å². The van der Waals surface area contributed by atoms with E-state index in [4.69, 9.17) is 9.94 Å². The van der Waals surface area contributed by atoms with Crippen molar-refractivity contribution in [3.8, 4) is 0 Å². The minimum atomic E-state index is -0.634. The number of benzene rings is 1. The summed E-state index contributed by atoms with van der Waals surface area (Å²) in [5, 5.41) is 15.9. The van der Waals surface area contributed by atoms with Crippen molar-refractivity contribution >= 4 is 11.6 Å². The highest BCUT2D eigenvalue weighted by molar-refractivity contribution is 5.93. The molecule has 1 aromatic rings. The maximum Gasteiger partial charge on any atom is 0.264 e. The van der Waals surface area contributed by atoms with Crippen LogP contribution in [0.2, 0.25) is 0 Å². The van der Waals surface area contributed by atoms with Gasteiger partial charge in [-0.2, -0.15) is 0 Å². The van der Waals surface area contributed by atoms with Crippen LogP contribution >= 0.6 is 0 Å². The number of aliphatic hydroxyl groups is 1. The van der Waals surface area contributed by atoms with Crippen LogP contribution in [0.25, 0.3) is 0 Å². The molecule has 1 heterocycles. The van der Waals surface area contributed by atoms with Crippen LogP contribution in [0, 0.1) is 11.2 Å². The first kappa shape index (κ1) is 16.4. The van der Waals surface area contributed by atoms with Gasteiger partial charge in [-0.3, -0.25) is 4.79 Å². The van der Waals surface area contributed by atoms with Crippen molar-refractivity contribution in [2.45, 2.75) is 32.8 Å². The smallest absolute Gasteiger partial charge is 0.264 e. The van der Waals surface area contributed by atoms with E-state index in [2.05, 4.69) is 10.5 Å². The molecule has 2 rings (SSSR count). The van der Waals surface area contributed by atoms with Crippen molar-refractivity contribution in [3.05, 3.63) is 35.6 Å². The van der Waals surface area contributed by atoms with E-state index in [-0.39, 0.29) is 23.7 Å². The van der Waals surface area contributed by atoms with Crippen LogP contribution in [0.15, 0.2) is 29.4 Å². The molecular weight excluding hydrogens is 287 g/mol. The van der Waals surface area contributed by atoms with Crippen molar-refractivity contribution in [1.82, 2.24) is 5.32 Å². The summed E-state index contributed by atoms with van der Waals surface area (Å²) in [6, 6.07) is 6.17. The molecule has 5 nitrogen and oxygen atoms in total. The van der Waals surface area contributed by atoms with E-state index in [0.717, 1.165) is 11.3 Å². The molecule has 1 unspecified atom stereocenters. The van der Waals surface area contributed by atoms with E-state index >= 15 is 0 Å². The monoisotopic (exact) mass is 308 g/mol. The molecule has 22 heavy (non-hydrogen) atoms. The van der Waals surface area contributed by atoms with Gasteiger partial charge in [0, 0.05) is 31.4 Å². The van der Waals surface area contributed by atoms with Gasteiger partial charge in [0.05, 0.1) is 5.71 Å². The van der Waals surface area contributed by atoms with Crippen molar-refractivity contribution in [2.24, 2.45) is 10.6 Å². The molecule has 0 radical (unpaired) electrons. The van der Waals surface area contributed by atoms with Crippen LogP contribution in [0.1, 0.15) is 25.8 Å².